The Morgan fingerprint density at radius 3 is 2.67 bits per heavy atom. The lowest BCUT2D eigenvalue weighted by Crippen LogP contribution is -2.25. The minimum absolute atomic E-state index is 0.00267. The van der Waals surface area contributed by atoms with Gasteiger partial charge in [-0.15, -0.1) is 0 Å². The molecule has 2 aromatic rings. The molecule has 7 nitrogen and oxygen atoms in total. The fraction of sp³-hybridized carbons (Fsp3) is 0. The maximum Gasteiger partial charge on any atom is 0.270 e. The van der Waals surface area contributed by atoms with Crippen molar-refractivity contribution in [3.8, 4) is 0 Å². The highest BCUT2D eigenvalue weighted by Crippen LogP contribution is 2.11. The summed E-state index contributed by atoms with van der Waals surface area (Å²) in [6.45, 7) is 0. The highest BCUT2D eigenvalue weighted by Gasteiger charge is 2.03. The number of para-hydroxylation sites is 1. The van der Waals surface area contributed by atoms with Gasteiger partial charge in [0, 0.05) is 23.4 Å². The second-order valence-corrected chi connectivity index (χ2v) is 4.09. The third kappa shape index (κ3) is 4.43. The molecule has 2 rings (SSSR count). The van der Waals surface area contributed by atoms with Gasteiger partial charge in [-0.1, -0.05) is 30.3 Å². The van der Waals surface area contributed by atoms with Crippen LogP contribution in [0.5, 0.6) is 0 Å². The van der Waals surface area contributed by atoms with Crippen molar-refractivity contribution in [2.24, 2.45) is 5.10 Å². The zero-order valence-electron chi connectivity index (χ0n) is 11.0. The first kappa shape index (κ1) is 14.2. The van der Waals surface area contributed by atoms with E-state index in [2.05, 4.69) is 15.8 Å². The van der Waals surface area contributed by atoms with Crippen LogP contribution >= 0.6 is 0 Å². The fourth-order valence-electron chi connectivity index (χ4n) is 1.58. The fourth-order valence-corrected chi connectivity index (χ4v) is 1.58. The summed E-state index contributed by atoms with van der Waals surface area (Å²) in [7, 11) is 0. The number of non-ortho nitro benzene ring substituents is 1. The van der Waals surface area contributed by atoms with Gasteiger partial charge in [-0.05, 0) is 12.1 Å². The van der Waals surface area contributed by atoms with E-state index in [4.69, 9.17) is 5.41 Å². The van der Waals surface area contributed by atoms with Crippen molar-refractivity contribution >= 4 is 23.5 Å². The highest BCUT2D eigenvalue weighted by molar-refractivity contribution is 5.92. The van der Waals surface area contributed by atoms with Crippen LogP contribution in [0.3, 0.4) is 0 Å². The largest absolute Gasteiger partial charge is 0.325 e. The predicted molar refractivity (Wildman–Crippen MR) is 81.6 cm³/mol. The molecular formula is C14H13N5O2. The van der Waals surface area contributed by atoms with Crippen LogP contribution in [0.4, 0.5) is 11.4 Å². The molecule has 0 saturated heterocycles. The number of anilines is 1. The van der Waals surface area contributed by atoms with Crippen LogP contribution in [0.25, 0.3) is 0 Å². The van der Waals surface area contributed by atoms with Gasteiger partial charge in [-0.2, -0.15) is 5.10 Å². The third-order valence-electron chi connectivity index (χ3n) is 2.51. The van der Waals surface area contributed by atoms with E-state index in [1.807, 2.05) is 30.3 Å². The summed E-state index contributed by atoms with van der Waals surface area (Å²) in [6.07, 6.45) is 1.41. The number of guanidine groups is 1. The van der Waals surface area contributed by atoms with E-state index in [0.29, 0.717) is 5.56 Å². The molecule has 0 aliphatic heterocycles. The smallest absolute Gasteiger partial charge is 0.270 e. The molecule has 0 aliphatic carbocycles. The van der Waals surface area contributed by atoms with Crippen molar-refractivity contribution in [1.29, 1.82) is 5.41 Å². The molecule has 7 heteroatoms. The standard InChI is InChI=1S/C14H13N5O2/c15-14(17-12-6-2-1-3-7-12)18-16-10-11-5-4-8-13(9-11)19(20)21/h1-10H,(H3,15,17,18)/b16-10+. The van der Waals surface area contributed by atoms with Gasteiger partial charge < -0.3 is 5.32 Å². The molecule has 0 radical (unpaired) electrons. The van der Waals surface area contributed by atoms with E-state index in [-0.39, 0.29) is 11.6 Å². The van der Waals surface area contributed by atoms with Crippen LogP contribution in [-0.2, 0) is 0 Å². The van der Waals surface area contributed by atoms with Crippen LogP contribution < -0.4 is 10.7 Å². The van der Waals surface area contributed by atoms with E-state index in [0.717, 1.165) is 5.69 Å². The molecule has 3 N–H and O–H groups in total. The van der Waals surface area contributed by atoms with Crippen molar-refractivity contribution < 1.29 is 4.92 Å². The van der Waals surface area contributed by atoms with Gasteiger partial charge >= 0.3 is 0 Å². The molecule has 0 aliphatic rings. The van der Waals surface area contributed by atoms with Crippen LogP contribution in [-0.4, -0.2) is 17.1 Å². The van der Waals surface area contributed by atoms with E-state index in [9.17, 15) is 10.1 Å². The lowest BCUT2D eigenvalue weighted by Gasteiger charge is -2.05. The molecule has 0 amide bonds. The molecule has 0 heterocycles. The zero-order valence-corrected chi connectivity index (χ0v) is 11.0. The number of nitrogens with zero attached hydrogens (tertiary/aromatic N) is 2. The van der Waals surface area contributed by atoms with E-state index >= 15 is 0 Å². The van der Waals surface area contributed by atoms with E-state index in [1.165, 1.54) is 18.3 Å². The van der Waals surface area contributed by atoms with Crippen LogP contribution in [0.2, 0.25) is 0 Å². The first-order valence-electron chi connectivity index (χ1n) is 6.09. The second kappa shape index (κ2) is 6.80. The third-order valence-corrected chi connectivity index (χ3v) is 2.51. The van der Waals surface area contributed by atoms with Crippen molar-refractivity contribution in [2.45, 2.75) is 0 Å². The van der Waals surface area contributed by atoms with Gasteiger partial charge in [0.2, 0.25) is 5.96 Å². The Balaban J connectivity index is 1.91. The van der Waals surface area contributed by atoms with Gasteiger partial charge in [-0.3, -0.25) is 15.5 Å². The van der Waals surface area contributed by atoms with Crippen molar-refractivity contribution in [1.82, 2.24) is 5.43 Å². The number of nitrogens with one attached hydrogen (secondary N) is 3. The highest BCUT2D eigenvalue weighted by atomic mass is 16.6. The SMILES string of the molecule is N=C(N/N=C/c1cccc([N+](=O)[O-])c1)Nc1ccccc1. The minimum atomic E-state index is -0.468. The molecular weight excluding hydrogens is 270 g/mol. The van der Waals surface area contributed by atoms with Crippen molar-refractivity contribution in [3.63, 3.8) is 0 Å². The second-order valence-electron chi connectivity index (χ2n) is 4.09. The molecule has 21 heavy (non-hydrogen) atoms. The van der Waals surface area contributed by atoms with Crippen LogP contribution in [0, 0.1) is 15.5 Å². The summed E-state index contributed by atoms with van der Waals surface area (Å²) in [5.41, 5.74) is 3.83. The quantitative estimate of drug-likeness (QED) is 0.347. The Labute approximate surface area is 121 Å². The topological polar surface area (TPSA) is 103 Å². The molecule has 0 bridgehead atoms. The first-order chi connectivity index (χ1) is 10.1. The molecule has 0 atom stereocenters. The number of hydrazone groups is 1. The molecule has 0 unspecified atom stereocenters. The van der Waals surface area contributed by atoms with Crippen LogP contribution in [0.15, 0.2) is 59.7 Å². The maximum atomic E-state index is 10.6. The molecule has 0 fully saturated rings. The summed E-state index contributed by atoms with van der Waals surface area (Å²) in [5, 5.41) is 25.0. The molecule has 0 saturated carbocycles. The Hall–Kier alpha value is -3.22. The van der Waals surface area contributed by atoms with Crippen molar-refractivity contribution in [3.05, 3.63) is 70.3 Å². The lowest BCUT2D eigenvalue weighted by atomic mass is 10.2. The Morgan fingerprint density at radius 1 is 1.19 bits per heavy atom. The summed E-state index contributed by atoms with van der Waals surface area (Å²) in [6, 6.07) is 15.3. The lowest BCUT2D eigenvalue weighted by molar-refractivity contribution is -0.384. The Kier molecular flexibility index (Phi) is 4.60. The zero-order chi connectivity index (χ0) is 15.1. The molecule has 106 valence electrons. The summed E-state index contributed by atoms with van der Waals surface area (Å²) < 4.78 is 0. The van der Waals surface area contributed by atoms with E-state index in [1.54, 1.807) is 12.1 Å². The number of hydrogen-bond acceptors (Lipinski definition) is 4. The average Bonchev–Trinajstić information content (AvgIpc) is 2.48. The summed E-state index contributed by atoms with van der Waals surface area (Å²) in [4.78, 5) is 10.2. The summed E-state index contributed by atoms with van der Waals surface area (Å²) >= 11 is 0. The number of nitro benzene ring substituents is 1. The Morgan fingerprint density at radius 2 is 1.95 bits per heavy atom. The van der Waals surface area contributed by atoms with Gasteiger partial charge in [0.15, 0.2) is 0 Å². The van der Waals surface area contributed by atoms with Crippen LogP contribution in [0.1, 0.15) is 5.56 Å². The monoisotopic (exact) mass is 283 g/mol. The predicted octanol–water partition coefficient (Wildman–Crippen LogP) is 2.57. The van der Waals surface area contributed by atoms with Gasteiger partial charge in [0.25, 0.3) is 5.69 Å². The molecule has 0 spiro atoms. The van der Waals surface area contributed by atoms with Gasteiger partial charge in [0.1, 0.15) is 0 Å². The van der Waals surface area contributed by atoms with Gasteiger partial charge in [-0.25, -0.2) is 5.43 Å². The summed E-state index contributed by atoms with van der Waals surface area (Å²) in [5.74, 6) is 0.00267. The average molecular weight is 283 g/mol. The van der Waals surface area contributed by atoms with Gasteiger partial charge in [0.05, 0.1) is 11.1 Å². The Bertz CT molecular complexity index is 670. The number of hydrogen-bond donors (Lipinski definition) is 3. The number of rotatable bonds is 4. The molecule has 2 aromatic carbocycles. The normalized spacial score (nSPS) is 10.3. The number of benzene rings is 2. The number of nitro groups is 1. The first-order valence-corrected chi connectivity index (χ1v) is 6.09. The van der Waals surface area contributed by atoms with Crippen molar-refractivity contribution in [2.75, 3.05) is 5.32 Å². The maximum absolute atomic E-state index is 10.6. The minimum Gasteiger partial charge on any atom is -0.325 e. The van der Waals surface area contributed by atoms with E-state index < -0.39 is 4.92 Å². The molecule has 0 aromatic heterocycles.